The lowest BCUT2D eigenvalue weighted by Gasteiger charge is -2.23. The highest BCUT2D eigenvalue weighted by atomic mass is 19.4. The summed E-state index contributed by atoms with van der Waals surface area (Å²) in [5.41, 5.74) is 0.476. The standard InChI is InChI=1S/C22H21F3N4O/c23-22(24,25)19-13-20(29-21(28-19)17-6-9-26-10-7-17)27-18(12-15-8-11-30-14-15)16-4-2-1-3-5-16/h1-7,9-10,13,15,18H,8,11-12,14H2,(H,27,28,29). The third kappa shape index (κ3) is 4.94. The maximum absolute atomic E-state index is 13.5. The van der Waals surface area contributed by atoms with Crippen LogP contribution in [-0.2, 0) is 10.9 Å². The largest absolute Gasteiger partial charge is 0.433 e. The summed E-state index contributed by atoms with van der Waals surface area (Å²) < 4.78 is 46.0. The Morgan fingerprint density at radius 1 is 1.07 bits per heavy atom. The number of rotatable bonds is 6. The number of pyridine rings is 1. The SMILES string of the molecule is FC(F)(F)c1cc(NC(CC2CCOC2)c2ccccc2)nc(-c2ccncc2)n1. The van der Waals surface area contributed by atoms with E-state index in [9.17, 15) is 13.2 Å². The summed E-state index contributed by atoms with van der Waals surface area (Å²) in [7, 11) is 0. The van der Waals surface area contributed by atoms with Crippen LogP contribution in [0.25, 0.3) is 11.4 Å². The number of ether oxygens (including phenoxy) is 1. The zero-order valence-corrected chi connectivity index (χ0v) is 16.1. The summed E-state index contributed by atoms with van der Waals surface area (Å²) in [6.07, 6.45) is 0.0886. The van der Waals surface area contributed by atoms with E-state index in [2.05, 4.69) is 20.3 Å². The lowest BCUT2D eigenvalue weighted by Crippen LogP contribution is -2.18. The highest BCUT2D eigenvalue weighted by molar-refractivity contribution is 5.57. The highest BCUT2D eigenvalue weighted by Crippen LogP contribution is 2.33. The van der Waals surface area contributed by atoms with Crippen molar-refractivity contribution in [1.82, 2.24) is 15.0 Å². The van der Waals surface area contributed by atoms with Crippen molar-refractivity contribution in [1.29, 1.82) is 0 Å². The molecule has 0 aliphatic carbocycles. The Bertz CT molecular complexity index is 961. The average Bonchev–Trinajstić information content (AvgIpc) is 3.27. The minimum Gasteiger partial charge on any atom is -0.381 e. The second-order valence-electron chi connectivity index (χ2n) is 7.27. The van der Waals surface area contributed by atoms with Gasteiger partial charge >= 0.3 is 6.18 Å². The summed E-state index contributed by atoms with van der Waals surface area (Å²) >= 11 is 0. The lowest BCUT2D eigenvalue weighted by molar-refractivity contribution is -0.141. The van der Waals surface area contributed by atoms with Gasteiger partial charge in [-0.25, -0.2) is 9.97 Å². The van der Waals surface area contributed by atoms with Gasteiger partial charge in [-0.1, -0.05) is 30.3 Å². The highest BCUT2D eigenvalue weighted by Gasteiger charge is 2.34. The van der Waals surface area contributed by atoms with Crippen molar-refractivity contribution in [3.63, 3.8) is 0 Å². The van der Waals surface area contributed by atoms with Gasteiger partial charge in [-0.2, -0.15) is 13.2 Å². The third-order valence-electron chi connectivity index (χ3n) is 5.07. The molecule has 4 rings (SSSR count). The molecule has 5 nitrogen and oxygen atoms in total. The summed E-state index contributed by atoms with van der Waals surface area (Å²) in [5, 5.41) is 3.22. The monoisotopic (exact) mass is 414 g/mol. The number of alkyl halides is 3. The van der Waals surface area contributed by atoms with Gasteiger partial charge in [0.2, 0.25) is 0 Å². The second kappa shape index (κ2) is 8.79. The number of anilines is 1. The molecule has 156 valence electrons. The fraction of sp³-hybridized carbons (Fsp3) is 0.318. The molecule has 1 aliphatic rings. The average molecular weight is 414 g/mol. The number of nitrogens with one attached hydrogen (secondary N) is 1. The van der Waals surface area contributed by atoms with Crippen LogP contribution in [0.1, 0.15) is 30.1 Å². The van der Waals surface area contributed by atoms with Gasteiger partial charge in [0.1, 0.15) is 5.82 Å². The number of nitrogens with zero attached hydrogens (tertiary/aromatic N) is 3. The predicted molar refractivity (Wildman–Crippen MR) is 107 cm³/mol. The Morgan fingerprint density at radius 2 is 1.83 bits per heavy atom. The maximum atomic E-state index is 13.5. The fourth-order valence-corrected chi connectivity index (χ4v) is 3.54. The molecule has 1 N–H and O–H groups in total. The van der Waals surface area contributed by atoms with Gasteiger partial charge in [-0.15, -0.1) is 0 Å². The van der Waals surface area contributed by atoms with Crippen molar-refractivity contribution >= 4 is 5.82 Å². The molecule has 1 aromatic carbocycles. The first-order chi connectivity index (χ1) is 14.5. The molecule has 0 bridgehead atoms. The Kier molecular flexibility index (Phi) is 5.94. The van der Waals surface area contributed by atoms with Gasteiger partial charge in [0.25, 0.3) is 0 Å². The first-order valence-corrected chi connectivity index (χ1v) is 9.75. The van der Waals surface area contributed by atoms with Gasteiger partial charge in [-0.3, -0.25) is 4.98 Å². The van der Waals surface area contributed by atoms with Crippen LogP contribution in [0.5, 0.6) is 0 Å². The quantitative estimate of drug-likeness (QED) is 0.605. The van der Waals surface area contributed by atoms with Crippen LogP contribution >= 0.6 is 0 Å². The number of hydrogen-bond acceptors (Lipinski definition) is 5. The molecule has 2 atom stereocenters. The van der Waals surface area contributed by atoms with E-state index < -0.39 is 11.9 Å². The van der Waals surface area contributed by atoms with E-state index in [0.717, 1.165) is 24.5 Å². The molecular weight excluding hydrogens is 393 g/mol. The first kappa shape index (κ1) is 20.3. The van der Waals surface area contributed by atoms with Crippen molar-refractivity contribution in [2.24, 2.45) is 5.92 Å². The summed E-state index contributed by atoms with van der Waals surface area (Å²) in [4.78, 5) is 12.0. The number of benzene rings is 1. The van der Waals surface area contributed by atoms with Gasteiger partial charge in [0.15, 0.2) is 11.5 Å². The van der Waals surface area contributed by atoms with Gasteiger partial charge in [-0.05, 0) is 36.5 Å². The van der Waals surface area contributed by atoms with Gasteiger partial charge < -0.3 is 10.1 Å². The molecule has 1 fully saturated rings. The molecule has 2 aromatic heterocycles. The Balaban J connectivity index is 1.69. The Labute approximate surface area is 172 Å². The first-order valence-electron chi connectivity index (χ1n) is 9.75. The maximum Gasteiger partial charge on any atom is 0.433 e. The molecule has 0 amide bonds. The molecule has 1 saturated heterocycles. The van der Waals surface area contributed by atoms with E-state index in [1.807, 2.05) is 30.3 Å². The Morgan fingerprint density at radius 3 is 2.50 bits per heavy atom. The smallest absolute Gasteiger partial charge is 0.381 e. The molecule has 3 aromatic rings. The molecule has 1 aliphatic heterocycles. The number of halogens is 3. The zero-order valence-electron chi connectivity index (χ0n) is 16.1. The van der Waals surface area contributed by atoms with Gasteiger partial charge in [0.05, 0.1) is 6.04 Å². The third-order valence-corrected chi connectivity index (χ3v) is 5.07. The number of hydrogen-bond donors (Lipinski definition) is 1. The van der Waals surface area contributed by atoms with Crippen molar-refractivity contribution in [3.8, 4) is 11.4 Å². The molecule has 0 spiro atoms. The predicted octanol–water partition coefficient (Wildman–Crippen LogP) is 5.14. The summed E-state index contributed by atoms with van der Waals surface area (Å²) in [6, 6.07) is 13.6. The molecule has 3 heterocycles. The molecular formula is C22H21F3N4O. The van der Waals surface area contributed by atoms with E-state index in [-0.39, 0.29) is 17.7 Å². The molecule has 30 heavy (non-hydrogen) atoms. The van der Waals surface area contributed by atoms with Gasteiger partial charge in [0, 0.05) is 37.2 Å². The van der Waals surface area contributed by atoms with E-state index in [4.69, 9.17) is 4.74 Å². The number of aromatic nitrogens is 3. The summed E-state index contributed by atoms with van der Waals surface area (Å²) in [5.74, 6) is 0.481. The molecule has 0 saturated carbocycles. The van der Waals surface area contributed by atoms with E-state index in [0.29, 0.717) is 24.7 Å². The topological polar surface area (TPSA) is 59.9 Å². The van der Waals surface area contributed by atoms with E-state index >= 15 is 0 Å². The minimum absolute atomic E-state index is 0.00531. The normalized spacial score (nSPS) is 17.6. The van der Waals surface area contributed by atoms with Crippen molar-refractivity contribution < 1.29 is 17.9 Å². The van der Waals surface area contributed by atoms with Crippen LogP contribution in [0.3, 0.4) is 0 Å². The minimum atomic E-state index is -4.58. The van der Waals surface area contributed by atoms with Crippen LogP contribution in [0.4, 0.5) is 19.0 Å². The van der Waals surface area contributed by atoms with Crippen LogP contribution in [0.2, 0.25) is 0 Å². The second-order valence-corrected chi connectivity index (χ2v) is 7.27. The van der Waals surface area contributed by atoms with Crippen molar-refractivity contribution in [2.45, 2.75) is 25.1 Å². The van der Waals surface area contributed by atoms with E-state index in [1.54, 1.807) is 12.1 Å². The van der Waals surface area contributed by atoms with E-state index in [1.165, 1.54) is 12.4 Å². The van der Waals surface area contributed by atoms with Crippen LogP contribution in [0, 0.1) is 5.92 Å². The van der Waals surface area contributed by atoms with Crippen LogP contribution in [-0.4, -0.2) is 28.2 Å². The molecule has 8 heteroatoms. The molecule has 2 unspecified atom stereocenters. The fourth-order valence-electron chi connectivity index (χ4n) is 3.54. The zero-order chi connectivity index (χ0) is 21.0. The van der Waals surface area contributed by atoms with Crippen LogP contribution < -0.4 is 5.32 Å². The van der Waals surface area contributed by atoms with Crippen molar-refractivity contribution in [3.05, 3.63) is 72.2 Å². The van der Waals surface area contributed by atoms with Crippen molar-refractivity contribution in [2.75, 3.05) is 18.5 Å². The van der Waals surface area contributed by atoms with Crippen LogP contribution in [0.15, 0.2) is 60.9 Å². The molecule has 0 radical (unpaired) electrons. The Hall–Kier alpha value is -3.00. The lowest BCUT2D eigenvalue weighted by atomic mass is 9.94. The summed E-state index contributed by atoms with van der Waals surface area (Å²) in [6.45, 7) is 1.37.